The van der Waals surface area contributed by atoms with Gasteiger partial charge in [0, 0.05) is 0 Å². The zero-order chi connectivity index (χ0) is 13.1. The molecule has 0 aromatic heterocycles. The van der Waals surface area contributed by atoms with Crippen LogP contribution < -0.4 is 7.22 Å². The molecule has 0 atom stereocenters. The van der Waals surface area contributed by atoms with Crippen molar-refractivity contribution in [3.8, 4) is 0 Å². The van der Waals surface area contributed by atoms with Crippen LogP contribution in [0, 0.1) is 27.7 Å². The average molecular weight is 466 g/mol. The third-order valence-corrected chi connectivity index (χ3v) is 15.2. The van der Waals surface area contributed by atoms with Gasteiger partial charge in [-0.3, -0.25) is 0 Å². The van der Waals surface area contributed by atoms with E-state index in [1.165, 1.54) is 22.3 Å². The molecule has 0 amide bonds. The standard InChI is InChI=1S/C16H18Te2/c1-11-5-7-15(13(3)9-11)17-18-16-8-6-12(2)10-14(16)4/h5-10H,1-4H3. The van der Waals surface area contributed by atoms with Crippen LogP contribution in [-0.4, -0.2) is 34.1 Å². The van der Waals surface area contributed by atoms with Crippen LogP contribution in [0.2, 0.25) is 0 Å². The summed E-state index contributed by atoms with van der Waals surface area (Å²) in [6, 6.07) is 13.9. The van der Waals surface area contributed by atoms with Crippen molar-refractivity contribution in [2.75, 3.05) is 0 Å². The molecule has 0 N–H and O–H groups in total. The number of hydrogen-bond donors (Lipinski definition) is 0. The Kier molecular flexibility index (Phi) is 5.17. The number of aryl methyl sites for hydroxylation is 4. The van der Waals surface area contributed by atoms with Crippen LogP contribution in [0.3, 0.4) is 0 Å². The summed E-state index contributed by atoms with van der Waals surface area (Å²) in [5.41, 5.74) is 5.78. The summed E-state index contributed by atoms with van der Waals surface area (Å²) in [4.78, 5) is 0. The van der Waals surface area contributed by atoms with Gasteiger partial charge in [0.05, 0.1) is 0 Å². The zero-order valence-corrected chi connectivity index (χ0v) is 15.9. The Morgan fingerprint density at radius 1 is 0.611 bits per heavy atom. The Balaban J connectivity index is 2.11. The Labute approximate surface area is 127 Å². The number of hydrogen-bond acceptors (Lipinski definition) is 0. The molecule has 2 aromatic rings. The summed E-state index contributed by atoms with van der Waals surface area (Å²) in [5.74, 6) is 0. The van der Waals surface area contributed by atoms with Gasteiger partial charge >= 0.3 is 128 Å². The van der Waals surface area contributed by atoms with Crippen molar-refractivity contribution >= 4 is 41.3 Å². The molecule has 2 aromatic carbocycles. The van der Waals surface area contributed by atoms with Crippen LogP contribution in [0.15, 0.2) is 36.4 Å². The second kappa shape index (κ2) is 6.45. The predicted molar refractivity (Wildman–Crippen MR) is 82.6 cm³/mol. The summed E-state index contributed by atoms with van der Waals surface area (Å²) in [7, 11) is 0. The molecular formula is C16H18Te2. The first-order valence-electron chi connectivity index (χ1n) is 6.05. The molecule has 0 bridgehead atoms. The van der Waals surface area contributed by atoms with Gasteiger partial charge in [-0.2, -0.15) is 0 Å². The number of rotatable bonds is 3. The van der Waals surface area contributed by atoms with E-state index in [4.69, 9.17) is 0 Å². The maximum atomic E-state index is 2.36. The van der Waals surface area contributed by atoms with E-state index in [1.54, 1.807) is 7.22 Å². The van der Waals surface area contributed by atoms with Crippen LogP contribution in [0.5, 0.6) is 0 Å². The Hall–Kier alpha value is 0.0192. The fourth-order valence-corrected chi connectivity index (χ4v) is 14.8. The van der Waals surface area contributed by atoms with E-state index in [1.807, 2.05) is 0 Å². The Morgan fingerprint density at radius 3 is 1.33 bits per heavy atom. The molecule has 0 aliphatic heterocycles. The van der Waals surface area contributed by atoms with E-state index >= 15 is 0 Å². The molecule has 0 fully saturated rings. The molecular weight excluding hydrogens is 447 g/mol. The van der Waals surface area contributed by atoms with E-state index in [9.17, 15) is 0 Å². The third kappa shape index (κ3) is 3.76. The molecule has 94 valence electrons. The minimum absolute atomic E-state index is 0.0264. The van der Waals surface area contributed by atoms with Crippen LogP contribution in [-0.2, 0) is 0 Å². The summed E-state index contributed by atoms with van der Waals surface area (Å²) in [5, 5.41) is 0. The molecule has 0 unspecified atom stereocenters. The summed E-state index contributed by atoms with van der Waals surface area (Å²) < 4.78 is 3.32. The van der Waals surface area contributed by atoms with Crippen LogP contribution in [0.1, 0.15) is 22.3 Å². The van der Waals surface area contributed by atoms with Crippen LogP contribution >= 0.6 is 0 Å². The zero-order valence-electron chi connectivity index (χ0n) is 11.3. The first kappa shape index (κ1) is 14.4. The van der Waals surface area contributed by atoms with Gasteiger partial charge in [-0.05, 0) is 0 Å². The third-order valence-electron chi connectivity index (χ3n) is 2.88. The number of benzene rings is 2. The fraction of sp³-hybridized carbons (Fsp3) is 0.250. The van der Waals surface area contributed by atoms with Gasteiger partial charge in [0.1, 0.15) is 0 Å². The van der Waals surface area contributed by atoms with Crippen LogP contribution in [0.4, 0.5) is 0 Å². The molecule has 0 saturated carbocycles. The van der Waals surface area contributed by atoms with E-state index < -0.39 is 0 Å². The molecule has 2 rings (SSSR count). The van der Waals surface area contributed by atoms with E-state index in [-0.39, 0.29) is 34.1 Å². The molecule has 0 radical (unpaired) electrons. The van der Waals surface area contributed by atoms with Crippen molar-refractivity contribution in [3.05, 3.63) is 58.7 Å². The molecule has 2 heteroatoms. The summed E-state index contributed by atoms with van der Waals surface area (Å²) in [6.45, 7) is 8.89. The van der Waals surface area contributed by atoms with E-state index in [0.717, 1.165) is 0 Å². The van der Waals surface area contributed by atoms with E-state index in [2.05, 4.69) is 64.1 Å². The fourth-order valence-electron chi connectivity index (χ4n) is 1.88. The molecule has 18 heavy (non-hydrogen) atoms. The van der Waals surface area contributed by atoms with Crippen molar-refractivity contribution in [1.82, 2.24) is 0 Å². The predicted octanol–water partition coefficient (Wildman–Crippen LogP) is 2.19. The minimum atomic E-state index is 0.0264. The van der Waals surface area contributed by atoms with Gasteiger partial charge in [-0.15, -0.1) is 0 Å². The molecule has 0 heterocycles. The van der Waals surface area contributed by atoms with Gasteiger partial charge < -0.3 is 0 Å². The SMILES string of the molecule is Cc1ccc([Te][Te]c2ccc(C)cc2C)c(C)c1. The van der Waals surface area contributed by atoms with Gasteiger partial charge in [0.2, 0.25) is 0 Å². The molecule has 0 saturated heterocycles. The first-order chi connectivity index (χ1) is 8.56. The summed E-state index contributed by atoms with van der Waals surface area (Å²) >= 11 is 0.0528. The second-order valence-corrected chi connectivity index (χ2v) is 14.5. The van der Waals surface area contributed by atoms with Crippen molar-refractivity contribution in [3.63, 3.8) is 0 Å². The van der Waals surface area contributed by atoms with Gasteiger partial charge in [-0.1, -0.05) is 0 Å². The quantitative estimate of drug-likeness (QED) is 0.610. The van der Waals surface area contributed by atoms with Gasteiger partial charge in [-0.25, -0.2) is 0 Å². The Bertz CT molecular complexity index is 508. The molecule has 0 aliphatic carbocycles. The second-order valence-electron chi connectivity index (χ2n) is 4.70. The van der Waals surface area contributed by atoms with Gasteiger partial charge in [0.15, 0.2) is 0 Å². The van der Waals surface area contributed by atoms with Gasteiger partial charge in [0.25, 0.3) is 0 Å². The molecule has 0 nitrogen and oxygen atoms in total. The first-order valence-corrected chi connectivity index (χ1v) is 15.7. The summed E-state index contributed by atoms with van der Waals surface area (Å²) in [6.07, 6.45) is 0. The normalized spacial score (nSPS) is 10.7. The van der Waals surface area contributed by atoms with Crippen LogP contribution in [0.25, 0.3) is 0 Å². The monoisotopic (exact) mass is 470 g/mol. The topological polar surface area (TPSA) is 0 Å². The van der Waals surface area contributed by atoms with Crippen molar-refractivity contribution in [1.29, 1.82) is 0 Å². The van der Waals surface area contributed by atoms with E-state index in [0.29, 0.717) is 0 Å². The van der Waals surface area contributed by atoms with Crippen molar-refractivity contribution < 1.29 is 0 Å². The van der Waals surface area contributed by atoms with Crippen molar-refractivity contribution in [2.24, 2.45) is 0 Å². The average Bonchev–Trinajstić information content (AvgIpc) is 2.30. The maximum absolute atomic E-state index is 2.36. The molecule has 0 spiro atoms. The Morgan fingerprint density at radius 2 is 1.00 bits per heavy atom. The van der Waals surface area contributed by atoms with Crippen molar-refractivity contribution in [2.45, 2.75) is 27.7 Å². The molecule has 0 aliphatic rings.